The molecule has 1 heterocycles. The van der Waals surface area contributed by atoms with Crippen LogP contribution in [0, 0.1) is 11.8 Å². The molecule has 0 fully saturated rings. The largest absolute Gasteiger partial charge is 0.480 e. The average molecular weight is 506 g/mol. The van der Waals surface area contributed by atoms with Crippen LogP contribution in [0.3, 0.4) is 0 Å². The molecule has 2 rings (SSSR count). The number of benzene rings is 1. The number of thiol groups is 1. The Morgan fingerprint density at radius 2 is 1.57 bits per heavy atom. The summed E-state index contributed by atoms with van der Waals surface area (Å²) in [5.74, 6) is -3.41. The van der Waals surface area contributed by atoms with E-state index in [1.807, 2.05) is 24.3 Å². The molecular weight excluding hydrogens is 470 g/mol. The number of aromatic nitrogens is 1. The Bertz CT molecular complexity index is 1050. The molecule has 7 N–H and O–H groups in total. The summed E-state index contributed by atoms with van der Waals surface area (Å²) in [6, 6.07) is 3.42. The number of fused-ring (bicyclic) bond motifs is 1. The lowest BCUT2D eigenvalue weighted by atomic mass is 10.00. The van der Waals surface area contributed by atoms with Crippen LogP contribution >= 0.6 is 12.6 Å². The van der Waals surface area contributed by atoms with E-state index in [9.17, 15) is 24.3 Å². The number of carbonyl (C=O) groups excluding carboxylic acids is 3. The molecule has 35 heavy (non-hydrogen) atoms. The highest BCUT2D eigenvalue weighted by Crippen LogP contribution is 2.19. The molecule has 11 heteroatoms. The molecule has 3 amide bonds. The smallest absolute Gasteiger partial charge is 0.326 e. The summed E-state index contributed by atoms with van der Waals surface area (Å²) in [5, 5.41) is 18.3. The topological polar surface area (TPSA) is 166 Å². The molecule has 0 aliphatic carbocycles. The zero-order chi connectivity index (χ0) is 26.3. The molecule has 0 aliphatic rings. The van der Waals surface area contributed by atoms with Crippen molar-refractivity contribution in [1.29, 1.82) is 0 Å². The van der Waals surface area contributed by atoms with E-state index in [2.05, 4.69) is 33.6 Å². The van der Waals surface area contributed by atoms with Crippen LogP contribution in [-0.4, -0.2) is 63.7 Å². The number of carboxylic acids is 1. The lowest BCUT2D eigenvalue weighted by molar-refractivity contribution is -0.142. The minimum atomic E-state index is -1.22. The summed E-state index contributed by atoms with van der Waals surface area (Å²) in [6.07, 6.45) is 1.76. The zero-order valence-electron chi connectivity index (χ0n) is 20.4. The summed E-state index contributed by atoms with van der Waals surface area (Å²) < 4.78 is 0. The van der Waals surface area contributed by atoms with Gasteiger partial charge in [0.15, 0.2) is 0 Å². The van der Waals surface area contributed by atoms with Crippen molar-refractivity contribution in [2.24, 2.45) is 17.6 Å². The van der Waals surface area contributed by atoms with Gasteiger partial charge >= 0.3 is 5.97 Å². The first kappa shape index (κ1) is 28.2. The van der Waals surface area contributed by atoms with Crippen LogP contribution in [0.4, 0.5) is 0 Å². The van der Waals surface area contributed by atoms with E-state index in [1.54, 1.807) is 33.9 Å². The lowest BCUT2D eigenvalue weighted by Gasteiger charge is -2.27. The zero-order valence-corrected chi connectivity index (χ0v) is 21.3. The van der Waals surface area contributed by atoms with Crippen LogP contribution in [0.15, 0.2) is 30.5 Å². The third-order valence-corrected chi connectivity index (χ3v) is 6.16. The molecule has 0 saturated heterocycles. The Morgan fingerprint density at radius 3 is 2.14 bits per heavy atom. The maximum atomic E-state index is 12.9. The number of nitrogens with one attached hydrogen (secondary N) is 4. The number of rotatable bonds is 12. The number of hydrogen-bond acceptors (Lipinski definition) is 6. The van der Waals surface area contributed by atoms with E-state index < -0.39 is 47.9 Å². The Balaban J connectivity index is 2.09. The van der Waals surface area contributed by atoms with Gasteiger partial charge in [0.25, 0.3) is 0 Å². The SMILES string of the molecule is CC(C)C(N)C(=O)NC(C(=O)NC(CS)C(=O)NC(Cc1c[nH]c2ccccc12)C(=O)O)C(C)C. The van der Waals surface area contributed by atoms with Gasteiger partial charge in [0.2, 0.25) is 17.7 Å². The number of carbonyl (C=O) groups is 4. The van der Waals surface area contributed by atoms with Gasteiger partial charge in [-0.2, -0.15) is 12.6 Å². The molecule has 10 nitrogen and oxygen atoms in total. The fraction of sp³-hybridized carbons (Fsp3) is 0.500. The number of aromatic amines is 1. The van der Waals surface area contributed by atoms with Gasteiger partial charge in [-0.25, -0.2) is 4.79 Å². The summed E-state index contributed by atoms with van der Waals surface area (Å²) in [5.41, 5.74) is 7.48. The van der Waals surface area contributed by atoms with Gasteiger partial charge in [-0.3, -0.25) is 14.4 Å². The second-order valence-electron chi connectivity index (χ2n) is 9.21. The third kappa shape index (κ3) is 7.46. The predicted molar refractivity (Wildman–Crippen MR) is 137 cm³/mol. The maximum Gasteiger partial charge on any atom is 0.326 e. The van der Waals surface area contributed by atoms with E-state index >= 15 is 0 Å². The number of nitrogens with two attached hydrogens (primary N) is 1. The Morgan fingerprint density at radius 1 is 0.943 bits per heavy atom. The second kappa shape index (κ2) is 12.6. The van der Waals surface area contributed by atoms with Gasteiger partial charge in [-0.15, -0.1) is 0 Å². The number of amides is 3. The normalized spacial score (nSPS) is 14.9. The maximum absolute atomic E-state index is 12.9. The molecule has 1 aromatic heterocycles. The number of aliphatic carboxylic acids is 1. The Kier molecular flexibility index (Phi) is 10.1. The van der Waals surface area contributed by atoms with Gasteiger partial charge in [0.05, 0.1) is 6.04 Å². The molecule has 192 valence electrons. The molecule has 4 atom stereocenters. The van der Waals surface area contributed by atoms with E-state index in [1.165, 1.54) is 0 Å². The van der Waals surface area contributed by atoms with Crippen LogP contribution in [0.2, 0.25) is 0 Å². The van der Waals surface area contributed by atoms with Gasteiger partial charge in [0, 0.05) is 29.3 Å². The van der Waals surface area contributed by atoms with Gasteiger partial charge in [0.1, 0.15) is 18.1 Å². The Hall–Kier alpha value is -3.05. The van der Waals surface area contributed by atoms with Crippen LogP contribution in [0.25, 0.3) is 10.9 Å². The summed E-state index contributed by atoms with van der Waals surface area (Å²) >= 11 is 4.16. The molecule has 1 aromatic carbocycles. The van der Waals surface area contributed by atoms with Crippen molar-refractivity contribution in [3.05, 3.63) is 36.0 Å². The predicted octanol–water partition coefficient (Wildman–Crippen LogP) is 0.819. The quantitative estimate of drug-likeness (QED) is 0.211. The molecule has 0 radical (unpaired) electrons. The van der Waals surface area contributed by atoms with Crippen molar-refractivity contribution in [2.75, 3.05) is 5.75 Å². The monoisotopic (exact) mass is 505 g/mol. The van der Waals surface area contributed by atoms with Gasteiger partial charge in [-0.05, 0) is 23.5 Å². The highest BCUT2D eigenvalue weighted by Gasteiger charge is 2.31. The van der Waals surface area contributed by atoms with Crippen molar-refractivity contribution >= 4 is 47.2 Å². The minimum absolute atomic E-state index is 0.0517. The molecule has 0 spiro atoms. The van der Waals surface area contributed by atoms with E-state index in [0.29, 0.717) is 0 Å². The first-order valence-electron chi connectivity index (χ1n) is 11.5. The van der Waals surface area contributed by atoms with Crippen molar-refractivity contribution in [2.45, 2.75) is 58.3 Å². The minimum Gasteiger partial charge on any atom is -0.480 e. The fourth-order valence-electron chi connectivity index (χ4n) is 3.54. The summed E-state index contributed by atoms with van der Waals surface area (Å²) in [7, 11) is 0. The number of hydrogen-bond donors (Lipinski definition) is 7. The first-order chi connectivity index (χ1) is 16.5. The highest BCUT2D eigenvalue weighted by atomic mass is 32.1. The number of para-hydroxylation sites is 1. The van der Waals surface area contributed by atoms with Crippen molar-refractivity contribution in [3.8, 4) is 0 Å². The fourth-order valence-corrected chi connectivity index (χ4v) is 3.79. The molecule has 0 aliphatic heterocycles. The summed E-state index contributed by atoms with van der Waals surface area (Å²) in [6.45, 7) is 7.10. The molecule has 4 unspecified atom stereocenters. The second-order valence-corrected chi connectivity index (χ2v) is 9.57. The lowest BCUT2D eigenvalue weighted by Crippen LogP contribution is -2.59. The highest BCUT2D eigenvalue weighted by molar-refractivity contribution is 7.80. The van der Waals surface area contributed by atoms with E-state index in [4.69, 9.17) is 5.73 Å². The van der Waals surface area contributed by atoms with E-state index in [-0.39, 0.29) is 24.0 Å². The van der Waals surface area contributed by atoms with E-state index in [0.717, 1.165) is 16.5 Å². The Labute approximate surface area is 210 Å². The van der Waals surface area contributed by atoms with Crippen molar-refractivity contribution < 1.29 is 24.3 Å². The van der Waals surface area contributed by atoms with Crippen LogP contribution in [-0.2, 0) is 25.6 Å². The van der Waals surface area contributed by atoms with Crippen molar-refractivity contribution in [1.82, 2.24) is 20.9 Å². The van der Waals surface area contributed by atoms with Crippen LogP contribution in [0.1, 0.15) is 33.3 Å². The summed E-state index contributed by atoms with van der Waals surface area (Å²) in [4.78, 5) is 53.1. The van der Waals surface area contributed by atoms with Crippen LogP contribution in [0.5, 0.6) is 0 Å². The first-order valence-corrected chi connectivity index (χ1v) is 12.1. The molecule has 0 saturated carbocycles. The van der Waals surface area contributed by atoms with Gasteiger partial charge in [-0.1, -0.05) is 45.9 Å². The third-order valence-electron chi connectivity index (χ3n) is 5.80. The van der Waals surface area contributed by atoms with Gasteiger partial charge < -0.3 is 31.8 Å². The molecule has 0 bridgehead atoms. The van der Waals surface area contributed by atoms with Crippen molar-refractivity contribution in [3.63, 3.8) is 0 Å². The standard InChI is InChI=1S/C24H35N5O5S/c1-12(2)19(25)22(31)29-20(13(3)4)23(32)28-18(11-35)21(30)27-17(24(33)34)9-14-10-26-16-8-6-5-7-15(14)16/h5-8,10,12-13,17-20,26,35H,9,11,25H2,1-4H3,(H,27,30)(H,28,32)(H,29,31)(H,33,34). The molecular formula is C24H35N5O5S. The number of H-pyrrole nitrogens is 1. The van der Waals surface area contributed by atoms with Crippen LogP contribution < -0.4 is 21.7 Å². The molecule has 2 aromatic rings. The number of carboxylic acid groups (broad SMARTS) is 1. The average Bonchev–Trinajstić information content (AvgIpc) is 3.21.